The number of hydrogen-bond acceptors (Lipinski definition) is 4. The Morgan fingerprint density at radius 2 is 2.03 bits per heavy atom. The van der Waals surface area contributed by atoms with Crippen molar-refractivity contribution in [2.75, 3.05) is 32.7 Å². The van der Waals surface area contributed by atoms with Crippen molar-refractivity contribution in [3.8, 4) is 0 Å². The van der Waals surface area contributed by atoms with Crippen LogP contribution in [0.3, 0.4) is 0 Å². The molecule has 0 aliphatic carbocycles. The SMILES string of the molecule is CCNC(=NCc1ccc(C(=O)N2CCNC(=O)C2)cc1)NCC(C)c1ccsc1.I. The largest absolute Gasteiger partial charge is 0.357 e. The number of benzene rings is 1. The van der Waals surface area contributed by atoms with Gasteiger partial charge in [-0.25, -0.2) is 4.99 Å². The predicted molar refractivity (Wildman–Crippen MR) is 136 cm³/mol. The van der Waals surface area contributed by atoms with Gasteiger partial charge in [-0.3, -0.25) is 9.59 Å². The molecule has 9 heteroatoms. The number of halogens is 1. The average Bonchev–Trinajstić information content (AvgIpc) is 3.30. The highest BCUT2D eigenvalue weighted by Gasteiger charge is 2.22. The van der Waals surface area contributed by atoms with Gasteiger partial charge in [0.15, 0.2) is 5.96 Å². The molecule has 168 valence electrons. The van der Waals surface area contributed by atoms with Crippen molar-refractivity contribution in [2.24, 2.45) is 4.99 Å². The molecule has 1 unspecified atom stereocenters. The molecular formula is C22H30IN5O2S. The molecule has 0 spiro atoms. The molecule has 1 fully saturated rings. The fourth-order valence-corrected chi connectivity index (χ4v) is 3.96. The Hall–Kier alpha value is -2.14. The van der Waals surface area contributed by atoms with Gasteiger partial charge < -0.3 is 20.9 Å². The smallest absolute Gasteiger partial charge is 0.254 e. The van der Waals surface area contributed by atoms with Gasteiger partial charge in [-0.15, -0.1) is 24.0 Å². The molecular weight excluding hydrogens is 525 g/mol. The monoisotopic (exact) mass is 555 g/mol. The highest BCUT2D eigenvalue weighted by Crippen LogP contribution is 2.17. The first-order valence-corrected chi connectivity index (χ1v) is 11.2. The number of nitrogens with zero attached hydrogens (tertiary/aromatic N) is 2. The lowest BCUT2D eigenvalue weighted by molar-refractivity contribution is -0.123. The number of carbonyl (C=O) groups excluding carboxylic acids is 2. The van der Waals surface area contributed by atoms with E-state index in [0.29, 0.717) is 31.1 Å². The van der Waals surface area contributed by atoms with E-state index in [1.54, 1.807) is 28.4 Å². The highest BCUT2D eigenvalue weighted by atomic mass is 127. The topological polar surface area (TPSA) is 85.8 Å². The number of carbonyl (C=O) groups is 2. The summed E-state index contributed by atoms with van der Waals surface area (Å²) >= 11 is 1.71. The molecule has 0 saturated carbocycles. The third-order valence-corrected chi connectivity index (χ3v) is 5.68. The van der Waals surface area contributed by atoms with E-state index in [2.05, 4.69) is 44.7 Å². The lowest BCUT2D eigenvalue weighted by atomic mass is 10.1. The van der Waals surface area contributed by atoms with Gasteiger partial charge in [0.2, 0.25) is 5.91 Å². The number of amides is 2. The summed E-state index contributed by atoms with van der Waals surface area (Å²) in [5, 5.41) is 13.7. The average molecular weight is 555 g/mol. The summed E-state index contributed by atoms with van der Waals surface area (Å²) in [6.45, 7) is 7.51. The van der Waals surface area contributed by atoms with Crippen LogP contribution in [-0.4, -0.2) is 55.4 Å². The molecule has 0 bridgehead atoms. The molecule has 3 rings (SSSR count). The molecule has 2 amide bonds. The highest BCUT2D eigenvalue weighted by molar-refractivity contribution is 14.0. The summed E-state index contributed by atoms with van der Waals surface area (Å²) in [7, 11) is 0. The number of piperazine rings is 1. The van der Waals surface area contributed by atoms with Gasteiger partial charge in [-0.2, -0.15) is 11.3 Å². The number of thiophene rings is 1. The fourth-order valence-electron chi connectivity index (χ4n) is 3.18. The first-order chi connectivity index (χ1) is 14.6. The van der Waals surface area contributed by atoms with E-state index in [1.165, 1.54) is 5.56 Å². The van der Waals surface area contributed by atoms with Crippen LogP contribution in [0.2, 0.25) is 0 Å². The maximum Gasteiger partial charge on any atom is 0.254 e. The zero-order chi connectivity index (χ0) is 21.3. The van der Waals surface area contributed by atoms with Gasteiger partial charge >= 0.3 is 0 Å². The van der Waals surface area contributed by atoms with Crippen LogP contribution in [0.25, 0.3) is 0 Å². The molecule has 1 saturated heterocycles. The Balaban J connectivity index is 0.00000341. The van der Waals surface area contributed by atoms with Gasteiger partial charge in [0.05, 0.1) is 13.1 Å². The zero-order valence-corrected chi connectivity index (χ0v) is 21.0. The fraction of sp³-hybridized carbons (Fsp3) is 0.409. The molecule has 0 radical (unpaired) electrons. The Morgan fingerprint density at radius 3 is 2.68 bits per heavy atom. The van der Waals surface area contributed by atoms with Crippen LogP contribution in [0, 0.1) is 0 Å². The molecule has 1 aliphatic rings. The molecule has 1 aliphatic heterocycles. The van der Waals surface area contributed by atoms with Crippen molar-refractivity contribution in [1.82, 2.24) is 20.9 Å². The predicted octanol–water partition coefficient (Wildman–Crippen LogP) is 2.80. The van der Waals surface area contributed by atoms with Gasteiger partial charge in [0.1, 0.15) is 0 Å². The molecule has 2 heterocycles. The van der Waals surface area contributed by atoms with E-state index < -0.39 is 0 Å². The maximum absolute atomic E-state index is 12.6. The van der Waals surface area contributed by atoms with Crippen molar-refractivity contribution in [1.29, 1.82) is 0 Å². The number of rotatable bonds is 7. The lowest BCUT2D eigenvalue weighted by Gasteiger charge is -2.26. The number of guanidine groups is 1. The van der Waals surface area contributed by atoms with Crippen molar-refractivity contribution in [2.45, 2.75) is 26.3 Å². The Bertz CT molecular complexity index is 871. The van der Waals surface area contributed by atoms with Crippen molar-refractivity contribution < 1.29 is 9.59 Å². The second-order valence-electron chi connectivity index (χ2n) is 7.31. The summed E-state index contributed by atoms with van der Waals surface area (Å²) in [6, 6.07) is 9.59. The van der Waals surface area contributed by atoms with Crippen LogP contribution in [-0.2, 0) is 11.3 Å². The Kier molecular flexibility index (Phi) is 10.3. The zero-order valence-electron chi connectivity index (χ0n) is 17.9. The maximum atomic E-state index is 12.6. The molecule has 2 aromatic rings. The minimum Gasteiger partial charge on any atom is -0.357 e. The summed E-state index contributed by atoms with van der Waals surface area (Å²) in [5.41, 5.74) is 2.94. The normalized spacial score (nSPS) is 15.0. The van der Waals surface area contributed by atoms with Crippen LogP contribution in [0.15, 0.2) is 46.1 Å². The number of aliphatic imine (C=N–C) groups is 1. The van der Waals surface area contributed by atoms with E-state index >= 15 is 0 Å². The molecule has 7 nitrogen and oxygen atoms in total. The van der Waals surface area contributed by atoms with E-state index in [0.717, 1.165) is 24.6 Å². The van der Waals surface area contributed by atoms with E-state index in [4.69, 9.17) is 0 Å². The second-order valence-corrected chi connectivity index (χ2v) is 8.09. The van der Waals surface area contributed by atoms with Gasteiger partial charge in [-0.05, 0) is 52.9 Å². The first kappa shape index (κ1) is 25.1. The van der Waals surface area contributed by atoms with Crippen LogP contribution in [0.1, 0.15) is 41.3 Å². The number of nitrogens with one attached hydrogen (secondary N) is 3. The second kappa shape index (κ2) is 12.7. The lowest BCUT2D eigenvalue weighted by Crippen LogP contribution is -2.49. The third kappa shape index (κ3) is 7.49. The minimum atomic E-state index is -0.114. The van der Waals surface area contributed by atoms with Crippen LogP contribution in [0.5, 0.6) is 0 Å². The summed E-state index contributed by atoms with van der Waals surface area (Å²) in [4.78, 5) is 30.3. The van der Waals surface area contributed by atoms with E-state index in [-0.39, 0.29) is 42.3 Å². The standard InChI is InChI=1S/C22H29N5O2S.HI/c1-3-23-22(25-12-16(2)19-8-11-30-15-19)26-13-17-4-6-18(7-5-17)21(29)27-10-9-24-20(28)14-27;/h4-8,11,15-16H,3,9-10,12-14H2,1-2H3,(H,24,28)(H2,23,25,26);1H. The summed E-state index contributed by atoms with van der Waals surface area (Å²) in [5.74, 6) is 0.955. The molecule has 3 N–H and O–H groups in total. The van der Waals surface area contributed by atoms with E-state index in [1.807, 2.05) is 19.1 Å². The van der Waals surface area contributed by atoms with Crippen molar-refractivity contribution in [3.63, 3.8) is 0 Å². The van der Waals surface area contributed by atoms with E-state index in [9.17, 15) is 9.59 Å². The van der Waals surface area contributed by atoms with Crippen LogP contribution >= 0.6 is 35.3 Å². The third-order valence-electron chi connectivity index (χ3n) is 4.98. The first-order valence-electron chi connectivity index (χ1n) is 10.3. The molecule has 1 atom stereocenters. The quantitative estimate of drug-likeness (QED) is 0.279. The van der Waals surface area contributed by atoms with Crippen LogP contribution in [0.4, 0.5) is 0 Å². The number of hydrogen-bond donors (Lipinski definition) is 3. The van der Waals surface area contributed by atoms with Gasteiger partial charge in [0.25, 0.3) is 5.91 Å². The summed E-state index contributed by atoms with van der Waals surface area (Å²) < 4.78 is 0. The van der Waals surface area contributed by atoms with Crippen LogP contribution < -0.4 is 16.0 Å². The Labute approximate surface area is 204 Å². The van der Waals surface area contributed by atoms with Gasteiger partial charge in [-0.1, -0.05) is 19.1 Å². The Morgan fingerprint density at radius 1 is 1.26 bits per heavy atom. The van der Waals surface area contributed by atoms with Crippen molar-refractivity contribution in [3.05, 3.63) is 57.8 Å². The summed E-state index contributed by atoms with van der Waals surface area (Å²) in [6.07, 6.45) is 0. The van der Waals surface area contributed by atoms with Crippen molar-refractivity contribution >= 4 is 53.1 Å². The molecule has 31 heavy (non-hydrogen) atoms. The molecule has 1 aromatic heterocycles. The molecule has 1 aromatic carbocycles. The van der Waals surface area contributed by atoms with Gasteiger partial charge in [0, 0.05) is 31.7 Å². The minimum absolute atomic E-state index is 0.